The third-order valence-electron chi connectivity index (χ3n) is 5.02. The number of carbonyl (C=O) groups excluding carboxylic acids is 1. The number of carboxylic acid groups (broad SMARTS) is 1. The first kappa shape index (κ1) is 17.2. The van der Waals surface area contributed by atoms with E-state index >= 15 is 0 Å². The molecule has 132 valence electrons. The number of hydrogen-bond acceptors (Lipinski definition) is 2. The number of aryl methyl sites for hydroxylation is 1. The van der Waals surface area contributed by atoms with Crippen molar-refractivity contribution in [3.63, 3.8) is 0 Å². The fourth-order valence-electron chi connectivity index (χ4n) is 3.45. The summed E-state index contributed by atoms with van der Waals surface area (Å²) in [6.45, 7) is 6.04. The third kappa shape index (κ3) is 2.92. The van der Waals surface area contributed by atoms with Gasteiger partial charge in [-0.25, -0.2) is 4.39 Å². The Kier molecular flexibility index (Phi) is 4.14. The van der Waals surface area contributed by atoms with Gasteiger partial charge in [-0.15, -0.1) is 0 Å². The van der Waals surface area contributed by atoms with Crippen molar-refractivity contribution < 1.29 is 19.1 Å². The molecular formula is C19H21FN2O3. The van der Waals surface area contributed by atoms with Crippen LogP contribution in [0.4, 0.5) is 4.39 Å². The Hall–Kier alpha value is -2.63. The molecule has 1 unspecified atom stereocenters. The number of carbonyl (C=O) groups is 2. The van der Waals surface area contributed by atoms with E-state index < -0.39 is 11.4 Å². The topological polar surface area (TPSA) is 62.5 Å². The van der Waals surface area contributed by atoms with Gasteiger partial charge in [-0.05, 0) is 57.5 Å². The van der Waals surface area contributed by atoms with Crippen molar-refractivity contribution in [1.29, 1.82) is 0 Å². The lowest BCUT2D eigenvalue weighted by Crippen LogP contribution is -2.35. The van der Waals surface area contributed by atoms with Crippen LogP contribution >= 0.6 is 0 Å². The van der Waals surface area contributed by atoms with E-state index in [0.717, 1.165) is 17.1 Å². The fourth-order valence-corrected chi connectivity index (χ4v) is 3.45. The molecule has 1 aromatic carbocycles. The second-order valence-electron chi connectivity index (χ2n) is 6.94. The highest BCUT2D eigenvalue weighted by Crippen LogP contribution is 2.32. The van der Waals surface area contributed by atoms with Gasteiger partial charge in [0.15, 0.2) is 0 Å². The zero-order valence-electron chi connectivity index (χ0n) is 14.5. The summed E-state index contributed by atoms with van der Waals surface area (Å²) in [6.07, 6.45) is 0.449. The van der Waals surface area contributed by atoms with Gasteiger partial charge >= 0.3 is 5.97 Å². The summed E-state index contributed by atoms with van der Waals surface area (Å²) in [5, 5.41) is 9.34. The standard InChI is InChI=1S/C19H21FN2O3/c1-12-10-16(13(2)22(12)15-6-4-14(20)5-7-15)17(23)21-9-8-19(3,11-21)18(24)25/h4-7,10H,8-9,11H2,1-3H3,(H,24,25). The second kappa shape index (κ2) is 6.02. The molecule has 0 saturated carbocycles. The molecular weight excluding hydrogens is 323 g/mol. The van der Waals surface area contributed by atoms with Crippen molar-refractivity contribution >= 4 is 11.9 Å². The van der Waals surface area contributed by atoms with Crippen molar-refractivity contribution in [2.75, 3.05) is 13.1 Å². The Morgan fingerprint density at radius 3 is 2.40 bits per heavy atom. The van der Waals surface area contributed by atoms with Crippen molar-refractivity contribution in [1.82, 2.24) is 9.47 Å². The summed E-state index contributed by atoms with van der Waals surface area (Å²) in [5.74, 6) is -1.35. The Balaban J connectivity index is 1.92. The summed E-state index contributed by atoms with van der Waals surface area (Å²) in [4.78, 5) is 25.9. The zero-order chi connectivity index (χ0) is 18.4. The van der Waals surface area contributed by atoms with Crippen LogP contribution in [0.1, 0.15) is 35.1 Å². The van der Waals surface area contributed by atoms with Gasteiger partial charge in [-0.3, -0.25) is 9.59 Å². The molecule has 25 heavy (non-hydrogen) atoms. The van der Waals surface area contributed by atoms with Gasteiger partial charge in [0.2, 0.25) is 0 Å². The average Bonchev–Trinajstić information content (AvgIpc) is 3.10. The first-order valence-corrected chi connectivity index (χ1v) is 8.20. The largest absolute Gasteiger partial charge is 0.481 e. The molecule has 0 spiro atoms. The Morgan fingerprint density at radius 1 is 1.20 bits per heavy atom. The third-order valence-corrected chi connectivity index (χ3v) is 5.02. The van der Waals surface area contributed by atoms with Gasteiger partial charge in [-0.2, -0.15) is 0 Å². The minimum Gasteiger partial charge on any atom is -0.481 e. The van der Waals surface area contributed by atoms with E-state index in [2.05, 4.69) is 0 Å². The minimum absolute atomic E-state index is 0.161. The summed E-state index contributed by atoms with van der Waals surface area (Å²) in [7, 11) is 0. The highest BCUT2D eigenvalue weighted by molar-refractivity contribution is 5.96. The molecule has 1 fully saturated rings. The van der Waals surface area contributed by atoms with Crippen molar-refractivity contribution in [2.45, 2.75) is 27.2 Å². The fraction of sp³-hybridized carbons (Fsp3) is 0.368. The maximum atomic E-state index is 13.2. The molecule has 0 radical (unpaired) electrons. The summed E-state index contributed by atoms with van der Waals surface area (Å²) in [5.41, 5.74) is 2.08. The molecule has 1 atom stereocenters. The van der Waals surface area contributed by atoms with Crippen LogP contribution in [-0.4, -0.2) is 39.5 Å². The maximum absolute atomic E-state index is 13.2. The van der Waals surface area contributed by atoms with E-state index in [9.17, 15) is 19.1 Å². The lowest BCUT2D eigenvalue weighted by atomic mass is 9.90. The lowest BCUT2D eigenvalue weighted by molar-refractivity contribution is -0.147. The molecule has 2 heterocycles. The van der Waals surface area contributed by atoms with Crippen LogP contribution in [0.15, 0.2) is 30.3 Å². The van der Waals surface area contributed by atoms with Crippen molar-refractivity contribution in [2.24, 2.45) is 5.41 Å². The molecule has 1 aromatic heterocycles. The number of amides is 1. The number of likely N-dealkylation sites (tertiary alicyclic amines) is 1. The molecule has 1 saturated heterocycles. The van der Waals surface area contributed by atoms with Gasteiger partial charge in [0.05, 0.1) is 11.0 Å². The minimum atomic E-state index is -0.891. The summed E-state index contributed by atoms with van der Waals surface area (Å²) in [6, 6.07) is 7.91. The lowest BCUT2D eigenvalue weighted by Gasteiger charge is -2.20. The number of aliphatic carboxylic acids is 1. The molecule has 2 aromatic rings. The average molecular weight is 344 g/mol. The van der Waals surface area contributed by atoms with Gasteiger partial charge in [0, 0.05) is 30.2 Å². The highest BCUT2D eigenvalue weighted by Gasteiger charge is 2.42. The van der Waals surface area contributed by atoms with Gasteiger partial charge in [0.25, 0.3) is 5.91 Å². The smallest absolute Gasteiger partial charge is 0.311 e. The van der Waals surface area contributed by atoms with E-state index in [4.69, 9.17) is 0 Å². The first-order valence-electron chi connectivity index (χ1n) is 8.20. The monoisotopic (exact) mass is 344 g/mol. The first-order chi connectivity index (χ1) is 11.7. The number of carboxylic acids is 1. The van der Waals surface area contributed by atoms with E-state index in [1.165, 1.54) is 12.1 Å². The quantitative estimate of drug-likeness (QED) is 0.930. The van der Waals surface area contributed by atoms with Crippen LogP contribution in [-0.2, 0) is 4.79 Å². The summed E-state index contributed by atoms with van der Waals surface area (Å²) < 4.78 is 15.1. The molecule has 0 aliphatic carbocycles. The Morgan fingerprint density at radius 2 is 1.84 bits per heavy atom. The van der Waals surface area contributed by atoms with Gasteiger partial charge < -0.3 is 14.6 Å². The number of benzene rings is 1. The molecule has 0 bridgehead atoms. The molecule has 1 amide bonds. The van der Waals surface area contributed by atoms with Crippen LogP contribution in [0.3, 0.4) is 0 Å². The van der Waals surface area contributed by atoms with Gasteiger partial charge in [-0.1, -0.05) is 0 Å². The molecule has 6 heteroatoms. The second-order valence-corrected chi connectivity index (χ2v) is 6.94. The van der Waals surface area contributed by atoms with Crippen LogP contribution in [0.5, 0.6) is 0 Å². The van der Waals surface area contributed by atoms with E-state index in [1.54, 1.807) is 30.0 Å². The van der Waals surface area contributed by atoms with Gasteiger partial charge in [0.1, 0.15) is 5.82 Å². The van der Waals surface area contributed by atoms with E-state index in [1.807, 2.05) is 18.4 Å². The number of halogens is 1. The predicted molar refractivity (Wildman–Crippen MR) is 91.5 cm³/mol. The molecule has 5 nitrogen and oxygen atoms in total. The van der Waals surface area contributed by atoms with Crippen LogP contribution in [0.2, 0.25) is 0 Å². The highest BCUT2D eigenvalue weighted by atomic mass is 19.1. The number of aromatic nitrogens is 1. The number of hydrogen-bond donors (Lipinski definition) is 1. The van der Waals surface area contributed by atoms with Crippen LogP contribution in [0, 0.1) is 25.1 Å². The normalized spacial score (nSPS) is 20.1. The van der Waals surface area contributed by atoms with E-state index in [-0.39, 0.29) is 18.3 Å². The van der Waals surface area contributed by atoms with Crippen molar-refractivity contribution in [3.8, 4) is 5.69 Å². The van der Waals surface area contributed by atoms with E-state index in [0.29, 0.717) is 18.5 Å². The van der Waals surface area contributed by atoms with Crippen LogP contribution in [0.25, 0.3) is 5.69 Å². The summed E-state index contributed by atoms with van der Waals surface area (Å²) >= 11 is 0. The molecule has 1 N–H and O–H groups in total. The maximum Gasteiger partial charge on any atom is 0.311 e. The van der Waals surface area contributed by atoms with Crippen LogP contribution < -0.4 is 0 Å². The van der Waals surface area contributed by atoms with Crippen molar-refractivity contribution in [3.05, 3.63) is 53.1 Å². The number of nitrogens with zero attached hydrogens (tertiary/aromatic N) is 2. The SMILES string of the molecule is Cc1cc(C(=O)N2CCC(C)(C(=O)O)C2)c(C)n1-c1ccc(F)cc1. The number of rotatable bonds is 3. The Bertz CT molecular complexity index is 841. The molecule has 3 rings (SSSR count). The predicted octanol–water partition coefficient (Wildman–Crippen LogP) is 3.17. The molecule has 1 aliphatic rings. The Labute approximate surface area is 145 Å². The zero-order valence-corrected chi connectivity index (χ0v) is 14.5. The molecule has 1 aliphatic heterocycles.